The molecule has 2 atom stereocenters. The van der Waals surface area contributed by atoms with E-state index in [1.54, 1.807) is 23.1 Å². The Kier molecular flexibility index (Phi) is 6.93. The predicted octanol–water partition coefficient (Wildman–Crippen LogP) is 4.31. The van der Waals surface area contributed by atoms with Gasteiger partial charge in [0.05, 0.1) is 18.0 Å². The molecule has 2 unspecified atom stereocenters. The topological polar surface area (TPSA) is 95.0 Å². The molecule has 0 bridgehead atoms. The number of alkyl halides is 3. The van der Waals surface area contributed by atoms with Crippen LogP contribution in [0.25, 0.3) is 0 Å². The summed E-state index contributed by atoms with van der Waals surface area (Å²) >= 11 is 5.98. The van der Waals surface area contributed by atoms with E-state index in [4.69, 9.17) is 16.3 Å². The zero-order valence-electron chi connectivity index (χ0n) is 19.7. The highest BCUT2D eigenvalue weighted by atomic mass is 35.5. The van der Waals surface area contributed by atoms with Crippen LogP contribution in [0.2, 0.25) is 5.02 Å². The lowest BCUT2D eigenvalue weighted by Crippen LogP contribution is -2.49. The van der Waals surface area contributed by atoms with Gasteiger partial charge in [-0.1, -0.05) is 11.6 Å². The number of rotatable bonds is 4. The lowest BCUT2D eigenvalue weighted by Gasteiger charge is -2.35. The first kappa shape index (κ1) is 25.6. The third-order valence-electron chi connectivity index (χ3n) is 7.20. The average Bonchev–Trinajstić information content (AvgIpc) is 3.25. The van der Waals surface area contributed by atoms with Gasteiger partial charge in [-0.25, -0.2) is 9.78 Å². The smallest absolute Gasteiger partial charge is 0.433 e. The summed E-state index contributed by atoms with van der Waals surface area (Å²) < 4.78 is 44.2. The number of carbonyl (C=O) groups is 2. The highest BCUT2D eigenvalue weighted by Crippen LogP contribution is 2.37. The van der Waals surface area contributed by atoms with E-state index in [1.807, 2.05) is 0 Å². The Hall–Kier alpha value is -3.05. The number of aliphatic hydroxyl groups excluding tert-OH is 1. The SMILES string of the molecule is O=C(NC1CCC(N2CCN(c3ccc(C(F)(F)F)nc3)C2=O)CC1)C1CC(O)c2cc(Cl)ccc2O1. The van der Waals surface area contributed by atoms with Crippen LogP contribution < -0.4 is 15.0 Å². The number of anilines is 1. The zero-order valence-corrected chi connectivity index (χ0v) is 20.5. The fraction of sp³-hybridized carbons (Fsp3) is 0.480. The molecule has 1 saturated carbocycles. The summed E-state index contributed by atoms with van der Waals surface area (Å²) in [6.45, 7) is 0.843. The predicted molar refractivity (Wildman–Crippen MR) is 128 cm³/mol. The van der Waals surface area contributed by atoms with E-state index in [-0.39, 0.29) is 30.4 Å². The number of aromatic nitrogens is 1. The number of hydrogen-bond acceptors (Lipinski definition) is 5. The lowest BCUT2D eigenvalue weighted by molar-refractivity contribution is -0.141. The number of pyridine rings is 1. The van der Waals surface area contributed by atoms with Crippen molar-refractivity contribution in [2.45, 2.75) is 62.6 Å². The van der Waals surface area contributed by atoms with Gasteiger partial charge in [0, 0.05) is 42.2 Å². The molecule has 2 aromatic rings. The van der Waals surface area contributed by atoms with E-state index in [0.29, 0.717) is 60.8 Å². The van der Waals surface area contributed by atoms with Crippen LogP contribution in [0.5, 0.6) is 5.75 Å². The van der Waals surface area contributed by atoms with Crippen molar-refractivity contribution in [2.75, 3.05) is 18.0 Å². The molecule has 198 valence electrons. The maximum atomic E-state index is 13.0. The fourth-order valence-electron chi connectivity index (χ4n) is 5.25. The van der Waals surface area contributed by atoms with Crippen LogP contribution in [0.1, 0.15) is 49.5 Å². The number of nitrogens with one attached hydrogen (secondary N) is 1. The number of fused-ring (bicyclic) bond motifs is 1. The van der Waals surface area contributed by atoms with Gasteiger partial charge in [0.15, 0.2) is 6.10 Å². The van der Waals surface area contributed by atoms with Crippen LogP contribution in [0.4, 0.5) is 23.7 Å². The highest BCUT2D eigenvalue weighted by Gasteiger charge is 2.39. The second kappa shape index (κ2) is 10.0. The quantitative estimate of drug-likeness (QED) is 0.605. The molecule has 1 aromatic carbocycles. The normalized spacial score (nSPS) is 26.0. The van der Waals surface area contributed by atoms with Crippen molar-refractivity contribution in [1.82, 2.24) is 15.2 Å². The van der Waals surface area contributed by atoms with Gasteiger partial charge < -0.3 is 20.1 Å². The van der Waals surface area contributed by atoms with Crippen LogP contribution >= 0.6 is 11.6 Å². The van der Waals surface area contributed by atoms with Gasteiger partial charge in [-0.3, -0.25) is 9.69 Å². The van der Waals surface area contributed by atoms with Gasteiger partial charge in [-0.15, -0.1) is 0 Å². The number of amides is 3. The number of halogens is 4. The zero-order chi connectivity index (χ0) is 26.3. The van der Waals surface area contributed by atoms with Crippen molar-refractivity contribution < 1.29 is 32.6 Å². The van der Waals surface area contributed by atoms with Crippen molar-refractivity contribution in [1.29, 1.82) is 0 Å². The number of hydrogen-bond donors (Lipinski definition) is 2. The standard InChI is InChI=1S/C25H26ClF3N4O4/c26-14-1-7-20-18(11-14)19(34)12-21(37-20)23(35)31-15-2-4-16(5-3-15)32-9-10-33(24(32)36)17-6-8-22(30-13-17)25(27,28)29/h1,6-8,11,13,15-16,19,21,34H,2-5,9-10,12H2,(H,31,35). The third-order valence-corrected chi connectivity index (χ3v) is 7.44. The summed E-state index contributed by atoms with van der Waals surface area (Å²) in [6.07, 6.45) is -2.27. The average molecular weight is 539 g/mol. The Morgan fingerprint density at radius 1 is 1.14 bits per heavy atom. The van der Waals surface area contributed by atoms with E-state index in [1.165, 1.54) is 11.0 Å². The first-order valence-electron chi connectivity index (χ1n) is 12.2. The van der Waals surface area contributed by atoms with Crippen molar-refractivity contribution in [3.63, 3.8) is 0 Å². The Balaban J connectivity index is 1.13. The number of urea groups is 1. The minimum Gasteiger partial charge on any atom is -0.480 e. The molecule has 8 nitrogen and oxygen atoms in total. The maximum Gasteiger partial charge on any atom is 0.433 e. The first-order chi connectivity index (χ1) is 17.6. The molecule has 1 aromatic heterocycles. The summed E-state index contributed by atoms with van der Waals surface area (Å²) in [6, 6.07) is 6.71. The Morgan fingerprint density at radius 3 is 2.57 bits per heavy atom. The van der Waals surface area contributed by atoms with Gasteiger partial charge in [0.2, 0.25) is 0 Å². The largest absolute Gasteiger partial charge is 0.480 e. The molecule has 5 rings (SSSR count). The summed E-state index contributed by atoms with van der Waals surface area (Å²) in [5.41, 5.74) is -0.102. The van der Waals surface area contributed by atoms with E-state index < -0.39 is 24.1 Å². The molecule has 37 heavy (non-hydrogen) atoms. The number of aliphatic hydroxyl groups is 1. The number of benzene rings is 1. The minimum absolute atomic E-state index is 0.0163. The molecular formula is C25H26ClF3N4O4. The van der Waals surface area contributed by atoms with Crippen LogP contribution in [-0.2, 0) is 11.0 Å². The third kappa shape index (κ3) is 5.33. The minimum atomic E-state index is -4.53. The van der Waals surface area contributed by atoms with Crippen LogP contribution in [-0.4, -0.2) is 58.2 Å². The van der Waals surface area contributed by atoms with Crippen LogP contribution in [0.15, 0.2) is 36.5 Å². The molecule has 0 radical (unpaired) electrons. The second-order valence-electron chi connectivity index (χ2n) is 9.58. The van der Waals surface area contributed by atoms with E-state index >= 15 is 0 Å². The van der Waals surface area contributed by atoms with Gasteiger partial charge in [-0.05, 0) is 56.0 Å². The van der Waals surface area contributed by atoms with E-state index in [9.17, 15) is 27.9 Å². The van der Waals surface area contributed by atoms with Crippen LogP contribution in [0.3, 0.4) is 0 Å². The Bertz CT molecular complexity index is 1170. The molecule has 3 aliphatic rings. The molecule has 2 fully saturated rings. The first-order valence-corrected chi connectivity index (χ1v) is 12.5. The van der Waals surface area contributed by atoms with E-state index in [0.717, 1.165) is 12.3 Å². The van der Waals surface area contributed by atoms with E-state index in [2.05, 4.69) is 10.3 Å². The van der Waals surface area contributed by atoms with Crippen molar-refractivity contribution >= 4 is 29.2 Å². The number of carbonyl (C=O) groups excluding carboxylic acids is 2. The Labute approximate surface area is 216 Å². The molecule has 1 aliphatic carbocycles. The molecule has 3 heterocycles. The molecule has 12 heteroatoms. The summed E-state index contributed by atoms with van der Waals surface area (Å²) in [5.74, 6) is 0.147. The van der Waals surface area contributed by atoms with Gasteiger partial charge in [0.25, 0.3) is 5.91 Å². The van der Waals surface area contributed by atoms with Gasteiger partial charge in [-0.2, -0.15) is 13.2 Å². The Morgan fingerprint density at radius 2 is 1.89 bits per heavy atom. The van der Waals surface area contributed by atoms with Crippen molar-refractivity contribution in [3.8, 4) is 5.75 Å². The number of nitrogens with zero attached hydrogens (tertiary/aromatic N) is 3. The maximum absolute atomic E-state index is 13.0. The summed E-state index contributed by atoms with van der Waals surface area (Å²) in [4.78, 5) is 32.5. The monoisotopic (exact) mass is 538 g/mol. The molecule has 1 saturated heterocycles. The second-order valence-corrected chi connectivity index (χ2v) is 10.0. The van der Waals surface area contributed by atoms with Crippen LogP contribution in [0, 0.1) is 0 Å². The molecular weight excluding hydrogens is 513 g/mol. The summed E-state index contributed by atoms with van der Waals surface area (Å²) in [7, 11) is 0. The van der Waals surface area contributed by atoms with Crippen molar-refractivity contribution in [3.05, 3.63) is 52.8 Å². The van der Waals surface area contributed by atoms with Gasteiger partial charge >= 0.3 is 12.2 Å². The van der Waals surface area contributed by atoms with Crippen molar-refractivity contribution in [2.24, 2.45) is 0 Å². The number of ether oxygens (including phenoxy) is 1. The lowest BCUT2D eigenvalue weighted by atomic mass is 9.90. The van der Waals surface area contributed by atoms with Gasteiger partial charge in [0.1, 0.15) is 11.4 Å². The highest BCUT2D eigenvalue weighted by molar-refractivity contribution is 6.30. The molecule has 3 amide bonds. The summed E-state index contributed by atoms with van der Waals surface area (Å²) in [5, 5.41) is 13.9. The molecule has 2 aliphatic heterocycles. The fourth-order valence-corrected chi connectivity index (χ4v) is 5.43. The molecule has 0 spiro atoms. The molecule has 2 N–H and O–H groups in total.